The minimum absolute atomic E-state index is 0.487. The van der Waals surface area contributed by atoms with Crippen molar-refractivity contribution >= 4 is 11.6 Å². The maximum Gasteiger partial charge on any atom is 0.0992 e. The maximum atomic E-state index is 8.83. The van der Waals surface area contributed by atoms with Gasteiger partial charge in [0.05, 0.1) is 34.2 Å². The van der Waals surface area contributed by atoms with Crippen LogP contribution < -0.4 is 5.32 Å². The predicted octanol–water partition coefficient (Wildman–Crippen LogP) is 2.29. The topological polar surface area (TPSA) is 66.5 Å². The van der Waals surface area contributed by atoms with Crippen LogP contribution in [0.2, 0.25) is 5.02 Å². The molecule has 0 spiro atoms. The van der Waals surface area contributed by atoms with Crippen LogP contribution in [0.25, 0.3) is 5.69 Å². The van der Waals surface area contributed by atoms with Gasteiger partial charge in [-0.1, -0.05) is 23.7 Å². The van der Waals surface area contributed by atoms with Gasteiger partial charge < -0.3 is 5.32 Å². The Kier molecular flexibility index (Phi) is 4.50. The van der Waals surface area contributed by atoms with Crippen LogP contribution in [-0.2, 0) is 6.54 Å². The van der Waals surface area contributed by atoms with Crippen LogP contribution >= 0.6 is 11.6 Å². The van der Waals surface area contributed by atoms with Gasteiger partial charge in [0.1, 0.15) is 0 Å². The molecule has 1 aromatic heterocycles. The van der Waals surface area contributed by atoms with Gasteiger partial charge in [-0.2, -0.15) is 5.26 Å². The van der Waals surface area contributed by atoms with E-state index in [1.54, 1.807) is 29.1 Å². The van der Waals surface area contributed by atoms with Crippen molar-refractivity contribution in [2.24, 2.45) is 0 Å². The fraction of sp³-hybridized carbons (Fsp3) is 0.308. The quantitative estimate of drug-likeness (QED) is 0.850. The molecule has 2 rings (SSSR count). The average molecular weight is 276 g/mol. The first-order valence-corrected chi connectivity index (χ1v) is 6.44. The number of nitriles is 1. The third-order valence-electron chi connectivity index (χ3n) is 2.66. The average Bonchev–Trinajstić information content (AvgIpc) is 2.87. The molecule has 1 aromatic carbocycles. The first-order chi connectivity index (χ1) is 9.26. The van der Waals surface area contributed by atoms with Crippen molar-refractivity contribution < 1.29 is 0 Å². The molecule has 0 fully saturated rings. The number of rotatable bonds is 5. The highest BCUT2D eigenvalue weighted by atomic mass is 35.5. The highest BCUT2D eigenvalue weighted by Crippen LogP contribution is 2.22. The number of nitrogens with one attached hydrogen (secondary N) is 1. The van der Waals surface area contributed by atoms with Gasteiger partial charge in [-0.05, 0) is 31.2 Å². The smallest absolute Gasteiger partial charge is 0.0992 e. The SMILES string of the molecule is CCCNCc1cnnn1-c1ccc(C#N)cc1Cl. The highest BCUT2D eigenvalue weighted by Gasteiger charge is 2.10. The molecule has 1 N–H and O–H groups in total. The lowest BCUT2D eigenvalue weighted by atomic mass is 10.2. The largest absolute Gasteiger partial charge is 0.311 e. The van der Waals surface area contributed by atoms with Gasteiger partial charge in [-0.25, -0.2) is 4.68 Å². The molecule has 0 amide bonds. The zero-order valence-electron chi connectivity index (χ0n) is 10.6. The van der Waals surface area contributed by atoms with Crippen molar-refractivity contribution in [3.63, 3.8) is 0 Å². The second-order valence-corrected chi connectivity index (χ2v) is 4.50. The number of aromatic nitrogens is 3. The molecule has 2 aromatic rings. The predicted molar refractivity (Wildman–Crippen MR) is 73.1 cm³/mol. The Balaban J connectivity index is 2.27. The fourth-order valence-electron chi connectivity index (χ4n) is 1.72. The molecule has 0 radical (unpaired) electrons. The molecule has 98 valence electrons. The first-order valence-electron chi connectivity index (χ1n) is 6.06. The Bertz CT molecular complexity index is 599. The summed E-state index contributed by atoms with van der Waals surface area (Å²) in [6.07, 6.45) is 2.77. The third-order valence-corrected chi connectivity index (χ3v) is 2.96. The van der Waals surface area contributed by atoms with Crippen molar-refractivity contribution in [1.82, 2.24) is 20.3 Å². The van der Waals surface area contributed by atoms with Gasteiger partial charge in [0, 0.05) is 6.54 Å². The lowest BCUT2D eigenvalue weighted by Gasteiger charge is -2.08. The Morgan fingerprint density at radius 1 is 1.47 bits per heavy atom. The van der Waals surface area contributed by atoms with Crippen molar-refractivity contribution in [2.45, 2.75) is 19.9 Å². The van der Waals surface area contributed by atoms with Crippen LogP contribution in [0.5, 0.6) is 0 Å². The Morgan fingerprint density at radius 2 is 2.32 bits per heavy atom. The van der Waals surface area contributed by atoms with Crippen LogP contribution in [-0.4, -0.2) is 21.5 Å². The summed E-state index contributed by atoms with van der Waals surface area (Å²) >= 11 is 6.17. The zero-order chi connectivity index (χ0) is 13.7. The molecule has 0 unspecified atom stereocenters. The number of hydrogen-bond acceptors (Lipinski definition) is 4. The lowest BCUT2D eigenvalue weighted by molar-refractivity contribution is 0.641. The van der Waals surface area contributed by atoms with E-state index in [-0.39, 0.29) is 0 Å². The minimum Gasteiger partial charge on any atom is -0.311 e. The van der Waals surface area contributed by atoms with Crippen LogP contribution in [0.15, 0.2) is 24.4 Å². The van der Waals surface area contributed by atoms with Gasteiger partial charge in [0.2, 0.25) is 0 Å². The molecule has 5 nitrogen and oxygen atoms in total. The molecular weight excluding hydrogens is 262 g/mol. The van der Waals surface area contributed by atoms with Crippen molar-refractivity contribution in [1.29, 1.82) is 5.26 Å². The molecule has 19 heavy (non-hydrogen) atoms. The van der Waals surface area contributed by atoms with Crippen molar-refractivity contribution in [3.8, 4) is 11.8 Å². The summed E-state index contributed by atoms with van der Waals surface area (Å²) < 4.78 is 1.69. The van der Waals surface area contributed by atoms with E-state index in [9.17, 15) is 0 Å². The monoisotopic (exact) mass is 275 g/mol. The molecular formula is C13H14ClN5. The van der Waals surface area contributed by atoms with Crippen LogP contribution in [0.3, 0.4) is 0 Å². The summed E-state index contributed by atoms with van der Waals surface area (Å²) in [5, 5.41) is 20.6. The normalized spacial score (nSPS) is 10.4. The number of benzene rings is 1. The second kappa shape index (κ2) is 6.32. The molecule has 0 saturated heterocycles. The summed E-state index contributed by atoms with van der Waals surface area (Å²) in [4.78, 5) is 0. The maximum absolute atomic E-state index is 8.83. The Hall–Kier alpha value is -1.90. The van der Waals surface area contributed by atoms with Gasteiger partial charge in [-0.15, -0.1) is 5.10 Å². The molecule has 1 heterocycles. The number of nitrogens with zero attached hydrogens (tertiary/aromatic N) is 4. The third kappa shape index (κ3) is 3.11. The van der Waals surface area contributed by atoms with Crippen LogP contribution in [0.4, 0.5) is 0 Å². The van der Waals surface area contributed by atoms with E-state index in [2.05, 4.69) is 28.6 Å². The summed E-state index contributed by atoms with van der Waals surface area (Å²) in [7, 11) is 0. The molecule has 0 aliphatic carbocycles. The van der Waals surface area contributed by atoms with E-state index in [1.807, 2.05) is 0 Å². The molecule has 0 saturated carbocycles. The van der Waals surface area contributed by atoms with Gasteiger partial charge in [0.15, 0.2) is 0 Å². The standard InChI is InChI=1S/C13H14ClN5/c1-2-5-16-8-11-9-17-18-19(11)13-4-3-10(7-15)6-12(13)14/h3-4,6,9,16H,2,5,8H2,1H3. The Labute approximate surface area is 116 Å². The summed E-state index contributed by atoms with van der Waals surface area (Å²) in [6, 6.07) is 7.17. The van der Waals surface area contributed by atoms with Gasteiger partial charge in [0.25, 0.3) is 0 Å². The van der Waals surface area contributed by atoms with Gasteiger partial charge >= 0.3 is 0 Å². The fourth-order valence-corrected chi connectivity index (χ4v) is 1.98. The minimum atomic E-state index is 0.487. The van der Waals surface area contributed by atoms with E-state index in [0.717, 1.165) is 24.3 Å². The van der Waals surface area contributed by atoms with E-state index in [1.165, 1.54) is 0 Å². The lowest BCUT2D eigenvalue weighted by Crippen LogP contribution is -2.17. The summed E-state index contributed by atoms with van der Waals surface area (Å²) in [5.74, 6) is 0. The molecule has 0 bridgehead atoms. The summed E-state index contributed by atoms with van der Waals surface area (Å²) in [5.41, 5.74) is 2.19. The molecule has 0 aliphatic rings. The molecule has 6 heteroatoms. The number of hydrogen-bond donors (Lipinski definition) is 1. The van der Waals surface area contributed by atoms with E-state index < -0.39 is 0 Å². The van der Waals surface area contributed by atoms with Crippen molar-refractivity contribution in [3.05, 3.63) is 40.7 Å². The van der Waals surface area contributed by atoms with Crippen molar-refractivity contribution in [2.75, 3.05) is 6.54 Å². The zero-order valence-corrected chi connectivity index (χ0v) is 11.4. The highest BCUT2D eigenvalue weighted by molar-refractivity contribution is 6.32. The number of halogens is 1. The van der Waals surface area contributed by atoms with E-state index >= 15 is 0 Å². The second-order valence-electron chi connectivity index (χ2n) is 4.09. The molecule has 0 atom stereocenters. The van der Waals surface area contributed by atoms with Gasteiger partial charge in [-0.3, -0.25) is 0 Å². The van der Waals surface area contributed by atoms with E-state index in [4.69, 9.17) is 16.9 Å². The van der Waals surface area contributed by atoms with Crippen LogP contribution in [0, 0.1) is 11.3 Å². The summed E-state index contributed by atoms with van der Waals surface area (Å²) in [6.45, 7) is 3.73. The molecule has 0 aliphatic heterocycles. The Morgan fingerprint density at radius 3 is 3.00 bits per heavy atom. The first kappa shape index (κ1) is 13.5. The van der Waals surface area contributed by atoms with E-state index in [0.29, 0.717) is 17.1 Å². The van der Waals surface area contributed by atoms with Crippen LogP contribution in [0.1, 0.15) is 24.6 Å².